The van der Waals surface area contributed by atoms with Crippen LogP contribution in [0.2, 0.25) is 0 Å². The van der Waals surface area contributed by atoms with Crippen molar-refractivity contribution >= 4 is 23.4 Å². The van der Waals surface area contributed by atoms with Gasteiger partial charge in [0.25, 0.3) is 0 Å². The zero-order chi connectivity index (χ0) is 21.6. The van der Waals surface area contributed by atoms with E-state index in [1.165, 1.54) is 0 Å². The number of hydrogen-bond donors (Lipinski definition) is 4. The number of hydrogen-bond acceptors (Lipinski definition) is 4. The van der Waals surface area contributed by atoms with Crippen molar-refractivity contribution in [2.45, 2.75) is 37.6 Å². The maximum Gasteiger partial charge on any atom is 0.328 e. The van der Waals surface area contributed by atoms with E-state index < -0.39 is 11.5 Å². The average Bonchev–Trinajstić information content (AvgIpc) is 2.76. The van der Waals surface area contributed by atoms with E-state index in [0.717, 1.165) is 19.3 Å². The lowest BCUT2D eigenvalue weighted by atomic mass is 9.82. The number of amides is 1. The number of nitrogens with one attached hydrogen (secondary N) is 2. The Morgan fingerprint density at radius 1 is 1.03 bits per heavy atom. The normalized spacial score (nSPS) is 16.4. The fourth-order valence-corrected chi connectivity index (χ4v) is 4.09. The molecule has 1 aliphatic heterocycles. The summed E-state index contributed by atoms with van der Waals surface area (Å²) in [5.74, 6) is -1.21. The fourth-order valence-electron chi connectivity index (χ4n) is 4.09. The molecule has 7 nitrogen and oxygen atoms in total. The van der Waals surface area contributed by atoms with Crippen LogP contribution in [0, 0.1) is 5.41 Å². The summed E-state index contributed by atoms with van der Waals surface area (Å²) in [7, 11) is 0. The summed E-state index contributed by atoms with van der Waals surface area (Å²) in [4.78, 5) is 27.2. The second-order valence-electron chi connectivity index (χ2n) is 7.62. The number of carbonyl (C=O) groups excluding carboxylic acids is 1. The Bertz CT molecular complexity index is 892. The number of rotatable bonds is 8. The van der Waals surface area contributed by atoms with Gasteiger partial charge in [-0.2, -0.15) is 0 Å². The number of carboxylic acids is 1. The van der Waals surface area contributed by atoms with Gasteiger partial charge in [-0.15, -0.1) is 0 Å². The molecule has 1 saturated heterocycles. The second kappa shape index (κ2) is 9.54. The summed E-state index contributed by atoms with van der Waals surface area (Å²) in [6.45, 7) is 1.41. The first-order valence-electron chi connectivity index (χ1n) is 10.2. The number of nitrogens with two attached hydrogens (primary N) is 1. The molecule has 0 aliphatic carbocycles. The molecule has 0 saturated carbocycles. The van der Waals surface area contributed by atoms with Crippen LogP contribution in [0.25, 0.3) is 0 Å². The number of nitrogen functional groups attached to an aromatic ring is 1. The molecule has 2 aromatic carbocycles. The third-order valence-electron chi connectivity index (χ3n) is 5.69. The van der Waals surface area contributed by atoms with E-state index in [1.807, 2.05) is 35.2 Å². The van der Waals surface area contributed by atoms with E-state index in [1.54, 1.807) is 24.3 Å². The van der Waals surface area contributed by atoms with Crippen LogP contribution in [-0.2, 0) is 15.1 Å². The molecule has 1 amide bonds. The Hall–Kier alpha value is -3.19. The number of carbonyl (C=O) groups is 2. The van der Waals surface area contributed by atoms with Crippen LogP contribution in [0.15, 0.2) is 54.6 Å². The van der Waals surface area contributed by atoms with Crippen LogP contribution in [-0.4, -0.2) is 40.8 Å². The Morgan fingerprint density at radius 3 is 2.23 bits per heavy atom. The molecule has 7 heteroatoms. The van der Waals surface area contributed by atoms with Gasteiger partial charge in [0.05, 0.1) is 0 Å². The number of amidine groups is 1. The van der Waals surface area contributed by atoms with Crippen molar-refractivity contribution in [1.82, 2.24) is 4.90 Å². The number of likely N-dealkylation sites (tertiary alicyclic amines) is 1. The quantitative estimate of drug-likeness (QED) is 0.395. The summed E-state index contributed by atoms with van der Waals surface area (Å²) < 4.78 is 0. The summed E-state index contributed by atoms with van der Waals surface area (Å²) in [6, 6.07) is 15.9. The molecule has 3 rings (SSSR count). The monoisotopic (exact) mass is 408 g/mol. The van der Waals surface area contributed by atoms with Crippen LogP contribution < -0.4 is 11.1 Å². The predicted molar refractivity (Wildman–Crippen MR) is 117 cm³/mol. The van der Waals surface area contributed by atoms with E-state index >= 15 is 0 Å². The van der Waals surface area contributed by atoms with Crippen molar-refractivity contribution in [2.24, 2.45) is 5.73 Å². The van der Waals surface area contributed by atoms with E-state index in [0.29, 0.717) is 29.9 Å². The van der Waals surface area contributed by atoms with Crippen LogP contribution in [0.4, 0.5) is 5.69 Å². The maximum absolute atomic E-state index is 12.6. The molecule has 30 heavy (non-hydrogen) atoms. The Morgan fingerprint density at radius 2 is 1.67 bits per heavy atom. The van der Waals surface area contributed by atoms with Gasteiger partial charge in [-0.3, -0.25) is 15.1 Å². The molecule has 0 bridgehead atoms. The maximum atomic E-state index is 12.6. The van der Waals surface area contributed by atoms with Crippen LogP contribution >= 0.6 is 0 Å². The van der Waals surface area contributed by atoms with Gasteiger partial charge in [-0.25, -0.2) is 4.79 Å². The van der Waals surface area contributed by atoms with Gasteiger partial charge in [0.2, 0.25) is 5.91 Å². The number of aliphatic carboxylic acids is 1. The molecule has 0 radical (unpaired) electrons. The molecule has 1 aliphatic rings. The number of anilines is 1. The van der Waals surface area contributed by atoms with E-state index in [9.17, 15) is 14.7 Å². The Balaban J connectivity index is 1.78. The number of benzene rings is 2. The van der Waals surface area contributed by atoms with E-state index in [2.05, 4.69) is 5.32 Å². The first-order valence-corrected chi connectivity index (χ1v) is 10.2. The van der Waals surface area contributed by atoms with Crippen molar-refractivity contribution in [2.75, 3.05) is 18.4 Å². The molecular weight excluding hydrogens is 380 g/mol. The van der Waals surface area contributed by atoms with Gasteiger partial charge in [0, 0.05) is 17.7 Å². The number of nitrogens with zero attached hydrogens (tertiary/aromatic N) is 1. The zero-order valence-corrected chi connectivity index (χ0v) is 16.9. The van der Waals surface area contributed by atoms with Crippen LogP contribution in [0.1, 0.15) is 43.2 Å². The van der Waals surface area contributed by atoms with Gasteiger partial charge < -0.3 is 16.2 Å². The third-order valence-corrected chi connectivity index (χ3v) is 5.69. The highest BCUT2D eigenvalue weighted by Crippen LogP contribution is 2.36. The lowest BCUT2D eigenvalue weighted by Gasteiger charge is -2.43. The van der Waals surface area contributed by atoms with Crippen molar-refractivity contribution in [3.63, 3.8) is 0 Å². The van der Waals surface area contributed by atoms with Crippen molar-refractivity contribution in [1.29, 1.82) is 5.41 Å². The Labute approximate surface area is 176 Å². The minimum atomic E-state index is -1.22. The van der Waals surface area contributed by atoms with Gasteiger partial charge in [0.15, 0.2) is 0 Å². The summed E-state index contributed by atoms with van der Waals surface area (Å²) in [6.07, 6.45) is 3.26. The van der Waals surface area contributed by atoms with Gasteiger partial charge in [-0.1, -0.05) is 36.8 Å². The minimum Gasteiger partial charge on any atom is -0.480 e. The van der Waals surface area contributed by atoms with Gasteiger partial charge in [-0.05, 0) is 62.2 Å². The SMILES string of the molecule is N=C(N)c1ccc(NC(=O)CCC(C(=O)O)(c2ccccc2)N2CCCCC2)cc1. The summed E-state index contributed by atoms with van der Waals surface area (Å²) >= 11 is 0. The predicted octanol–water partition coefficient (Wildman–Crippen LogP) is 3.16. The molecule has 1 fully saturated rings. The topological polar surface area (TPSA) is 120 Å². The van der Waals surface area contributed by atoms with E-state index in [4.69, 9.17) is 11.1 Å². The molecule has 2 aromatic rings. The zero-order valence-electron chi connectivity index (χ0n) is 16.9. The second-order valence-corrected chi connectivity index (χ2v) is 7.62. The molecule has 0 spiro atoms. The smallest absolute Gasteiger partial charge is 0.328 e. The summed E-state index contributed by atoms with van der Waals surface area (Å²) in [5.41, 5.74) is 6.10. The minimum absolute atomic E-state index is 0.0384. The van der Waals surface area contributed by atoms with Crippen molar-refractivity contribution < 1.29 is 14.7 Å². The largest absolute Gasteiger partial charge is 0.480 e. The first-order chi connectivity index (χ1) is 14.4. The fraction of sp³-hybridized carbons (Fsp3) is 0.348. The summed E-state index contributed by atoms with van der Waals surface area (Å²) in [5, 5.41) is 20.6. The van der Waals surface area contributed by atoms with Gasteiger partial charge in [0.1, 0.15) is 11.4 Å². The lowest BCUT2D eigenvalue weighted by Crippen LogP contribution is -2.54. The van der Waals surface area contributed by atoms with E-state index in [-0.39, 0.29) is 24.6 Å². The first kappa shape index (κ1) is 21.5. The van der Waals surface area contributed by atoms with Crippen LogP contribution in [0.3, 0.4) is 0 Å². The molecule has 1 atom stereocenters. The molecule has 1 heterocycles. The molecule has 1 unspecified atom stereocenters. The number of carboxylic acid groups (broad SMARTS) is 1. The van der Waals surface area contributed by atoms with Crippen molar-refractivity contribution in [3.8, 4) is 0 Å². The highest BCUT2D eigenvalue weighted by atomic mass is 16.4. The molecule has 158 valence electrons. The standard InChI is InChI=1S/C23H28N4O3/c24-21(25)17-9-11-19(12-10-17)26-20(28)13-14-23(22(29)30,18-7-3-1-4-8-18)27-15-5-2-6-16-27/h1,3-4,7-12H,2,5-6,13-16H2,(H3,24,25)(H,26,28)(H,29,30). The highest BCUT2D eigenvalue weighted by Gasteiger charge is 2.46. The third kappa shape index (κ3) is 4.68. The Kier molecular flexibility index (Phi) is 6.84. The number of piperidine rings is 1. The highest BCUT2D eigenvalue weighted by molar-refractivity contribution is 5.96. The molecular formula is C23H28N4O3. The van der Waals surface area contributed by atoms with Crippen LogP contribution in [0.5, 0.6) is 0 Å². The molecule has 5 N–H and O–H groups in total. The molecule has 0 aromatic heterocycles. The van der Waals surface area contributed by atoms with Gasteiger partial charge >= 0.3 is 5.97 Å². The van der Waals surface area contributed by atoms with Crippen molar-refractivity contribution in [3.05, 3.63) is 65.7 Å². The average molecular weight is 409 g/mol. The lowest BCUT2D eigenvalue weighted by molar-refractivity contribution is -0.154.